The summed E-state index contributed by atoms with van der Waals surface area (Å²) in [7, 11) is 1.68. The van der Waals surface area contributed by atoms with E-state index in [1.807, 2.05) is 45.0 Å². The predicted octanol–water partition coefficient (Wildman–Crippen LogP) is 1.35. The zero-order valence-electron chi connectivity index (χ0n) is 14.7. The molecule has 24 heavy (non-hydrogen) atoms. The van der Waals surface area contributed by atoms with E-state index in [1.165, 1.54) is 4.90 Å². The molecule has 0 saturated heterocycles. The highest BCUT2D eigenvalue weighted by Gasteiger charge is 2.18. The number of aryl methyl sites for hydroxylation is 1. The van der Waals surface area contributed by atoms with Crippen molar-refractivity contribution in [1.29, 1.82) is 0 Å². The smallest absolute Gasteiger partial charge is 0.241 e. The van der Waals surface area contributed by atoms with E-state index < -0.39 is 6.04 Å². The van der Waals surface area contributed by atoms with E-state index in [1.54, 1.807) is 7.05 Å². The van der Waals surface area contributed by atoms with Gasteiger partial charge in [-0.1, -0.05) is 32.0 Å². The van der Waals surface area contributed by atoms with Crippen LogP contribution < -0.4 is 15.8 Å². The van der Waals surface area contributed by atoms with Crippen molar-refractivity contribution in [2.45, 2.75) is 26.8 Å². The van der Waals surface area contributed by atoms with Crippen LogP contribution in [0.4, 0.5) is 0 Å². The quantitative estimate of drug-likeness (QED) is 0.735. The van der Waals surface area contributed by atoms with Crippen molar-refractivity contribution in [3.63, 3.8) is 0 Å². The molecular weight excluding hydrogens is 330 g/mol. The number of nitrogens with two attached hydrogens (primary N) is 1. The molecular formula is C17H28ClN3O3. The lowest BCUT2D eigenvalue weighted by Crippen LogP contribution is -2.47. The number of nitrogens with zero attached hydrogens (tertiary/aromatic N) is 1. The van der Waals surface area contributed by atoms with Gasteiger partial charge in [0.2, 0.25) is 11.8 Å². The van der Waals surface area contributed by atoms with Crippen LogP contribution in [-0.4, -0.2) is 49.5 Å². The van der Waals surface area contributed by atoms with Gasteiger partial charge in [-0.3, -0.25) is 9.59 Å². The number of amides is 2. The van der Waals surface area contributed by atoms with Crippen LogP contribution in [0, 0.1) is 12.8 Å². The normalized spacial score (nSPS) is 11.4. The Bertz CT molecular complexity index is 538. The van der Waals surface area contributed by atoms with Crippen molar-refractivity contribution >= 4 is 24.2 Å². The summed E-state index contributed by atoms with van der Waals surface area (Å²) in [5.41, 5.74) is 6.78. The lowest BCUT2D eigenvalue weighted by Gasteiger charge is -2.20. The zero-order chi connectivity index (χ0) is 17.4. The molecule has 0 heterocycles. The number of carbonyl (C=O) groups is 2. The molecule has 7 heteroatoms. The fraction of sp³-hybridized carbons (Fsp3) is 0.529. The van der Waals surface area contributed by atoms with E-state index in [2.05, 4.69) is 5.32 Å². The highest BCUT2D eigenvalue weighted by atomic mass is 35.5. The molecule has 1 aromatic rings. The molecule has 0 unspecified atom stereocenters. The van der Waals surface area contributed by atoms with Crippen molar-refractivity contribution < 1.29 is 14.3 Å². The van der Waals surface area contributed by atoms with E-state index in [0.29, 0.717) is 13.2 Å². The molecule has 1 atom stereocenters. The zero-order valence-corrected chi connectivity index (χ0v) is 15.6. The standard InChI is InChI=1S/C17H27N3O3.ClH/c1-12(2)16(18)17(22)19-11-15(21)20(4)9-10-23-14-8-6-5-7-13(14)3;/h5-8,12,16H,9-11,18H2,1-4H3,(H,19,22);1H/t16-;/m0./s1. The van der Waals surface area contributed by atoms with E-state index in [4.69, 9.17) is 10.5 Å². The number of para-hydroxylation sites is 1. The molecule has 6 nitrogen and oxygen atoms in total. The number of likely N-dealkylation sites (N-methyl/N-ethyl adjacent to an activating group) is 1. The van der Waals surface area contributed by atoms with Crippen LogP contribution in [0.3, 0.4) is 0 Å². The van der Waals surface area contributed by atoms with Gasteiger partial charge in [-0.05, 0) is 24.5 Å². The Hall–Kier alpha value is -1.79. The molecule has 2 amide bonds. The lowest BCUT2D eigenvalue weighted by molar-refractivity contribution is -0.132. The highest BCUT2D eigenvalue weighted by Crippen LogP contribution is 2.15. The predicted molar refractivity (Wildman–Crippen MR) is 97.4 cm³/mol. The molecule has 0 aliphatic heterocycles. The Morgan fingerprint density at radius 3 is 2.50 bits per heavy atom. The molecule has 0 saturated carbocycles. The molecule has 3 N–H and O–H groups in total. The number of benzene rings is 1. The van der Waals surface area contributed by atoms with Gasteiger partial charge in [0.05, 0.1) is 19.1 Å². The average Bonchev–Trinajstić information content (AvgIpc) is 2.52. The third-order valence-electron chi connectivity index (χ3n) is 3.64. The highest BCUT2D eigenvalue weighted by molar-refractivity contribution is 5.87. The third kappa shape index (κ3) is 7.19. The molecule has 0 aliphatic rings. The number of carbonyl (C=O) groups excluding carboxylic acids is 2. The van der Waals surface area contributed by atoms with Crippen LogP contribution >= 0.6 is 12.4 Å². The maximum atomic E-state index is 12.0. The van der Waals surface area contributed by atoms with Gasteiger partial charge in [-0.2, -0.15) is 0 Å². The molecule has 136 valence electrons. The average molecular weight is 358 g/mol. The second-order valence-electron chi connectivity index (χ2n) is 5.92. The van der Waals surface area contributed by atoms with Gasteiger partial charge >= 0.3 is 0 Å². The summed E-state index contributed by atoms with van der Waals surface area (Å²) < 4.78 is 5.65. The topological polar surface area (TPSA) is 84.7 Å². The van der Waals surface area contributed by atoms with Gasteiger partial charge in [0, 0.05) is 7.05 Å². The first-order chi connectivity index (χ1) is 10.8. The Balaban J connectivity index is 0.00000529. The van der Waals surface area contributed by atoms with E-state index in [0.717, 1.165) is 11.3 Å². The molecule has 0 aliphatic carbocycles. The monoisotopic (exact) mass is 357 g/mol. The van der Waals surface area contributed by atoms with Gasteiger partial charge < -0.3 is 20.7 Å². The van der Waals surface area contributed by atoms with Gasteiger partial charge in [-0.15, -0.1) is 12.4 Å². The van der Waals surface area contributed by atoms with Crippen molar-refractivity contribution in [3.05, 3.63) is 29.8 Å². The number of ether oxygens (including phenoxy) is 1. The molecule has 0 bridgehead atoms. The van der Waals surface area contributed by atoms with Crippen molar-refractivity contribution in [2.24, 2.45) is 11.7 Å². The van der Waals surface area contributed by atoms with Crippen LogP contribution in [0.25, 0.3) is 0 Å². The molecule has 0 fully saturated rings. The summed E-state index contributed by atoms with van der Waals surface area (Å²) in [6.07, 6.45) is 0. The second kappa shape index (κ2) is 10.9. The summed E-state index contributed by atoms with van der Waals surface area (Å²) in [4.78, 5) is 25.2. The number of halogens is 1. The first-order valence-electron chi connectivity index (χ1n) is 7.78. The minimum Gasteiger partial charge on any atom is -0.491 e. The molecule has 0 spiro atoms. The number of hydrogen-bond acceptors (Lipinski definition) is 4. The van der Waals surface area contributed by atoms with Crippen molar-refractivity contribution in [3.8, 4) is 5.75 Å². The van der Waals surface area contributed by atoms with Crippen LogP contribution in [0.1, 0.15) is 19.4 Å². The fourth-order valence-corrected chi connectivity index (χ4v) is 1.85. The van der Waals surface area contributed by atoms with Gasteiger partial charge in [-0.25, -0.2) is 0 Å². The lowest BCUT2D eigenvalue weighted by atomic mass is 10.1. The Morgan fingerprint density at radius 1 is 1.29 bits per heavy atom. The molecule has 0 radical (unpaired) electrons. The SMILES string of the molecule is Cc1ccccc1OCCN(C)C(=O)CNC(=O)[C@@H](N)C(C)C.Cl. The summed E-state index contributed by atoms with van der Waals surface area (Å²) in [5, 5.41) is 2.57. The maximum Gasteiger partial charge on any atom is 0.241 e. The largest absolute Gasteiger partial charge is 0.491 e. The first kappa shape index (κ1) is 22.2. The minimum atomic E-state index is -0.600. The van der Waals surface area contributed by atoms with Crippen LogP contribution in [0.15, 0.2) is 24.3 Å². The van der Waals surface area contributed by atoms with Gasteiger partial charge in [0.25, 0.3) is 0 Å². The number of nitrogens with one attached hydrogen (secondary N) is 1. The summed E-state index contributed by atoms with van der Waals surface area (Å²) in [6.45, 7) is 6.48. The van der Waals surface area contributed by atoms with E-state index in [-0.39, 0.29) is 36.7 Å². The van der Waals surface area contributed by atoms with Crippen LogP contribution in [-0.2, 0) is 9.59 Å². The molecule has 0 aromatic heterocycles. The van der Waals surface area contributed by atoms with Crippen molar-refractivity contribution in [2.75, 3.05) is 26.7 Å². The van der Waals surface area contributed by atoms with Crippen LogP contribution in [0.5, 0.6) is 5.75 Å². The summed E-state index contributed by atoms with van der Waals surface area (Å²) >= 11 is 0. The van der Waals surface area contributed by atoms with Crippen molar-refractivity contribution in [1.82, 2.24) is 10.2 Å². The first-order valence-corrected chi connectivity index (χ1v) is 7.78. The van der Waals surface area contributed by atoms with Crippen LogP contribution in [0.2, 0.25) is 0 Å². The fourth-order valence-electron chi connectivity index (χ4n) is 1.85. The Morgan fingerprint density at radius 2 is 1.92 bits per heavy atom. The van der Waals surface area contributed by atoms with E-state index >= 15 is 0 Å². The number of hydrogen-bond donors (Lipinski definition) is 2. The van der Waals surface area contributed by atoms with Gasteiger partial charge in [0.15, 0.2) is 0 Å². The third-order valence-corrected chi connectivity index (χ3v) is 3.64. The molecule has 1 rings (SSSR count). The maximum absolute atomic E-state index is 12.0. The van der Waals surface area contributed by atoms with Gasteiger partial charge in [0.1, 0.15) is 12.4 Å². The Labute approximate surface area is 150 Å². The number of rotatable bonds is 8. The van der Waals surface area contributed by atoms with E-state index in [9.17, 15) is 9.59 Å². The summed E-state index contributed by atoms with van der Waals surface area (Å²) in [5.74, 6) is 0.357. The summed E-state index contributed by atoms with van der Waals surface area (Å²) in [6, 6.07) is 7.12. The second-order valence-corrected chi connectivity index (χ2v) is 5.92. The molecule has 1 aromatic carbocycles. The minimum absolute atomic E-state index is 0. The Kier molecular flexibility index (Phi) is 10.1.